The van der Waals surface area contributed by atoms with Crippen LogP contribution in [0.2, 0.25) is 0 Å². The molecule has 1 fully saturated rings. The summed E-state index contributed by atoms with van der Waals surface area (Å²) >= 11 is 0. The smallest absolute Gasteiger partial charge is 0.165 e. The molecule has 0 aliphatic heterocycles. The van der Waals surface area contributed by atoms with E-state index in [0.29, 0.717) is 5.82 Å². The molecule has 7 nitrogen and oxygen atoms in total. The van der Waals surface area contributed by atoms with Gasteiger partial charge in [0.2, 0.25) is 0 Å². The van der Waals surface area contributed by atoms with Gasteiger partial charge in [0.25, 0.3) is 0 Å². The van der Waals surface area contributed by atoms with Gasteiger partial charge in [-0.1, -0.05) is 0 Å². The van der Waals surface area contributed by atoms with Crippen molar-refractivity contribution in [3.63, 3.8) is 0 Å². The molecule has 0 bridgehead atoms. The van der Waals surface area contributed by atoms with Gasteiger partial charge in [-0.3, -0.25) is 10.1 Å². The number of aromatic amines is 1. The molecule has 1 saturated carbocycles. The Labute approximate surface area is 126 Å². The second-order valence-corrected chi connectivity index (χ2v) is 5.69. The first-order chi connectivity index (χ1) is 10.8. The molecule has 4 rings (SSSR count). The second-order valence-electron chi connectivity index (χ2n) is 5.69. The average Bonchev–Trinajstić information content (AvgIpc) is 3.05. The largest absolute Gasteiger partial charge is 0.394 e. The molecule has 0 spiro atoms. The molecule has 0 amide bonds. The maximum Gasteiger partial charge on any atom is 0.165 e. The van der Waals surface area contributed by atoms with E-state index in [9.17, 15) is 5.11 Å². The topological polar surface area (TPSA) is 99.6 Å². The second kappa shape index (κ2) is 5.03. The number of nitrogens with zero attached hydrogens (tertiary/aromatic N) is 4. The first-order valence-electron chi connectivity index (χ1n) is 7.30. The highest BCUT2D eigenvalue weighted by atomic mass is 16.3. The Morgan fingerprint density at radius 1 is 1.27 bits per heavy atom. The fourth-order valence-corrected chi connectivity index (χ4v) is 2.76. The molecule has 0 aromatic carbocycles. The standard InChI is InChI=1S/C15H16N6O/c22-9-15(3-1-4-15)21-14-11-2-5-16-8-12(11)19-13(20-14)10-6-17-18-7-10/h2,5-8,22H,1,3-4,9H2,(H,17,18)(H,19,20,21). The molecular formula is C15H16N6O. The predicted molar refractivity (Wildman–Crippen MR) is 82.2 cm³/mol. The van der Waals surface area contributed by atoms with Crippen molar-refractivity contribution in [1.82, 2.24) is 25.1 Å². The van der Waals surface area contributed by atoms with E-state index in [2.05, 4.69) is 30.5 Å². The van der Waals surface area contributed by atoms with E-state index < -0.39 is 0 Å². The molecule has 0 radical (unpaired) electrons. The lowest BCUT2D eigenvalue weighted by Crippen LogP contribution is -2.48. The number of aliphatic hydroxyl groups is 1. The third-order valence-electron chi connectivity index (χ3n) is 4.25. The van der Waals surface area contributed by atoms with Crippen LogP contribution in [0.15, 0.2) is 30.9 Å². The maximum atomic E-state index is 9.69. The molecule has 22 heavy (non-hydrogen) atoms. The van der Waals surface area contributed by atoms with Crippen molar-refractivity contribution in [2.45, 2.75) is 24.8 Å². The monoisotopic (exact) mass is 296 g/mol. The molecule has 0 atom stereocenters. The summed E-state index contributed by atoms with van der Waals surface area (Å²) in [6, 6.07) is 1.89. The summed E-state index contributed by atoms with van der Waals surface area (Å²) in [5.74, 6) is 1.32. The lowest BCUT2D eigenvalue weighted by atomic mass is 9.77. The summed E-state index contributed by atoms with van der Waals surface area (Å²) in [5.41, 5.74) is 1.32. The quantitative estimate of drug-likeness (QED) is 0.678. The van der Waals surface area contributed by atoms with Crippen molar-refractivity contribution in [3.8, 4) is 11.4 Å². The number of nitrogens with one attached hydrogen (secondary N) is 2. The van der Waals surface area contributed by atoms with Gasteiger partial charge in [-0.15, -0.1) is 0 Å². The van der Waals surface area contributed by atoms with Crippen LogP contribution in [-0.2, 0) is 0 Å². The number of fused-ring (bicyclic) bond motifs is 1. The first-order valence-corrected chi connectivity index (χ1v) is 7.30. The Bertz CT molecular complexity index is 791. The van der Waals surface area contributed by atoms with Gasteiger partial charge in [0, 0.05) is 17.8 Å². The van der Waals surface area contributed by atoms with Crippen molar-refractivity contribution in [1.29, 1.82) is 0 Å². The number of hydrogen-bond acceptors (Lipinski definition) is 6. The highest BCUT2D eigenvalue weighted by Gasteiger charge is 2.37. The van der Waals surface area contributed by atoms with Crippen LogP contribution in [-0.4, -0.2) is 42.4 Å². The number of aromatic nitrogens is 5. The van der Waals surface area contributed by atoms with E-state index in [0.717, 1.165) is 41.5 Å². The van der Waals surface area contributed by atoms with Gasteiger partial charge in [-0.2, -0.15) is 5.10 Å². The Morgan fingerprint density at radius 2 is 2.18 bits per heavy atom. The average molecular weight is 296 g/mol. The zero-order valence-electron chi connectivity index (χ0n) is 12.0. The molecule has 1 aliphatic rings. The zero-order valence-corrected chi connectivity index (χ0v) is 12.0. The normalized spacial score (nSPS) is 16.4. The number of H-pyrrole nitrogens is 1. The molecule has 0 unspecified atom stereocenters. The van der Waals surface area contributed by atoms with Crippen molar-refractivity contribution in [2.24, 2.45) is 0 Å². The minimum Gasteiger partial charge on any atom is -0.394 e. The third-order valence-corrected chi connectivity index (χ3v) is 4.25. The first kappa shape index (κ1) is 13.1. The lowest BCUT2D eigenvalue weighted by molar-refractivity contribution is 0.144. The number of anilines is 1. The fourth-order valence-electron chi connectivity index (χ4n) is 2.76. The highest BCUT2D eigenvalue weighted by Crippen LogP contribution is 2.36. The molecule has 3 heterocycles. The predicted octanol–water partition coefficient (Wildman–Crippen LogP) is 1.74. The minimum atomic E-state index is -0.266. The van der Waals surface area contributed by atoms with E-state index in [-0.39, 0.29) is 12.1 Å². The van der Waals surface area contributed by atoms with Gasteiger partial charge in [-0.05, 0) is 25.3 Å². The van der Waals surface area contributed by atoms with Gasteiger partial charge in [0.1, 0.15) is 5.82 Å². The summed E-state index contributed by atoms with van der Waals surface area (Å²) in [6.07, 6.45) is 9.90. The molecule has 112 valence electrons. The maximum absolute atomic E-state index is 9.69. The van der Waals surface area contributed by atoms with E-state index in [1.165, 1.54) is 0 Å². The minimum absolute atomic E-state index is 0.102. The van der Waals surface area contributed by atoms with Crippen LogP contribution in [0.5, 0.6) is 0 Å². The van der Waals surface area contributed by atoms with Crippen LogP contribution in [0.1, 0.15) is 19.3 Å². The fraction of sp³-hybridized carbons (Fsp3) is 0.333. The van der Waals surface area contributed by atoms with E-state index in [1.54, 1.807) is 24.8 Å². The molecule has 3 aromatic rings. The number of aliphatic hydroxyl groups excluding tert-OH is 1. The van der Waals surface area contributed by atoms with Crippen LogP contribution >= 0.6 is 0 Å². The molecule has 3 N–H and O–H groups in total. The zero-order chi connectivity index (χ0) is 15.0. The molecule has 1 aliphatic carbocycles. The summed E-state index contributed by atoms with van der Waals surface area (Å²) in [7, 11) is 0. The number of pyridine rings is 1. The summed E-state index contributed by atoms with van der Waals surface area (Å²) in [5, 5.41) is 20.7. The Hall–Kier alpha value is -2.54. The van der Waals surface area contributed by atoms with Gasteiger partial charge >= 0.3 is 0 Å². The van der Waals surface area contributed by atoms with E-state index >= 15 is 0 Å². The van der Waals surface area contributed by atoms with Crippen molar-refractivity contribution < 1.29 is 5.11 Å². The van der Waals surface area contributed by atoms with Gasteiger partial charge < -0.3 is 10.4 Å². The van der Waals surface area contributed by atoms with Crippen molar-refractivity contribution in [2.75, 3.05) is 11.9 Å². The molecule has 3 aromatic heterocycles. The summed E-state index contributed by atoms with van der Waals surface area (Å²) < 4.78 is 0. The van der Waals surface area contributed by atoms with E-state index in [1.807, 2.05) is 6.07 Å². The summed E-state index contributed by atoms with van der Waals surface area (Å²) in [4.78, 5) is 13.3. The SMILES string of the molecule is OCC1(Nc2nc(-c3cn[nH]c3)nc3cnccc23)CCC1. The Kier molecular flexibility index (Phi) is 3.00. The van der Waals surface area contributed by atoms with Crippen LogP contribution < -0.4 is 5.32 Å². The van der Waals surface area contributed by atoms with Crippen LogP contribution in [0, 0.1) is 0 Å². The van der Waals surface area contributed by atoms with Crippen molar-refractivity contribution in [3.05, 3.63) is 30.9 Å². The van der Waals surface area contributed by atoms with Crippen LogP contribution in [0.25, 0.3) is 22.3 Å². The van der Waals surface area contributed by atoms with Crippen LogP contribution in [0.4, 0.5) is 5.82 Å². The lowest BCUT2D eigenvalue weighted by Gasteiger charge is -2.41. The molecule has 7 heteroatoms. The number of rotatable bonds is 4. The third kappa shape index (κ3) is 2.10. The Morgan fingerprint density at radius 3 is 2.86 bits per heavy atom. The van der Waals surface area contributed by atoms with Gasteiger partial charge in [0.15, 0.2) is 5.82 Å². The van der Waals surface area contributed by atoms with E-state index in [4.69, 9.17) is 0 Å². The number of hydrogen-bond donors (Lipinski definition) is 3. The highest BCUT2D eigenvalue weighted by molar-refractivity contribution is 5.90. The van der Waals surface area contributed by atoms with Crippen molar-refractivity contribution >= 4 is 16.7 Å². The molecule has 0 saturated heterocycles. The Balaban J connectivity index is 1.84. The van der Waals surface area contributed by atoms with Crippen LogP contribution in [0.3, 0.4) is 0 Å². The summed E-state index contributed by atoms with van der Waals surface area (Å²) in [6.45, 7) is 0.102. The van der Waals surface area contributed by atoms with Gasteiger partial charge in [-0.25, -0.2) is 9.97 Å². The van der Waals surface area contributed by atoms with Gasteiger partial charge in [0.05, 0.1) is 35.6 Å². The molecular weight excluding hydrogens is 280 g/mol.